The van der Waals surface area contributed by atoms with Crippen LogP contribution in [0.3, 0.4) is 0 Å². The Bertz CT molecular complexity index is 875. The molecule has 112 valence electrons. The number of hydrogen-bond acceptors (Lipinski definition) is 5. The molecule has 0 radical (unpaired) electrons. The van der Waals surface area contributed by atoms with Gasteiger partial charge in [0, 0.05) is 11.9 Å². The van der Waals surface area contributed by atoms with E-state index in [0.29, 0.717) is 5.82 Å². The number of aromatic nitrogens is 4. The number of hydrogen-bond donors (Lipinski definition) is 1. The topological polar surface area (TPSA) is 72.2 Å². The van der Waals surface area contributed by atoms with E-state index in [1.807, 2.05) is 31.2 Å². The van der Waals surface area contributed by atoms with Gasteiger partial charge in [-0.05, 0) is 31.9 Å². The zero-order valence-electron chi connectivity index (χ0n) is 12.1. The summed E-state index contributed by atoms with van der Waals surface area (Å²) < 4.78 is 1.75. The second-order valence-electron chi connectivity index (χ2n) is 5.35. The van der Waals surface area contributed by atoms with Gasteiger partial charge < -0.3 is 5.32 Å². The number of aryl methyl sites for hydroxylation is 1. The fourth-order valence-corrected chi connectivity index (χ4v) is 3.80. The minimum absolute atomic E-state index is 0.0798. The molecule has 6 nitrogen and oxygen atoms in total. The van der Waals surface area contributed by atoms with Crippen molar-refractivity contribution < 1.29 is 4.79 Å². The number of piperidine rings is 1. The zero-order chi connectivity index (χ0) is 15.1. The van der Waals surface area contributed by atoms with Gasteiger partial charge in [0.25, 0.3) is 0 Å². The van der Waals surface area contributed by atoms with Crippen LogP contribution in [-0.2, 0) is 4.79 Å². The largest absolute Gasteiger partial charge is 0.355 e. The van der Waals surface area contributed by atoms with Crippen molar-refractivity contribution in [1.29, 1.82) is 0 Å². The van der Waals surface area contributed by atoms with E-state index >= 15 is 0 Å². The average molecular weight is 313 g/mol. The Morgan fingerprint density at radius 3 is 3.05 bits per heavy atom. The van der Waals surface area contributed by atoms with Gasteiger partial charge >= 0.3 is 0 Å². The predicted octanol–water partition coefficient (Wildman–Crippen LogP) is 1.96. The molecule has 3 heterocycles. The van der Waals surface area contributed by atoms with Crippen molar-refractivity contribution in [3.8, 4) is 0 Å². The second kappa shape index (κ2) is 5.24. The van der Waals surface area contributed by atoms with Crippen LogP contribution in [0.25, 0.3) is 16.6 Å². The van der Waals surface area contributed by atoms with E-state index in [2.05, 4.69) is 20.4 Å². The molecule has 0 bridgehead atoms. The summed E-state index contributed by atoms with van der Waals surface area (Å²) in [4.78, 5) is 21.2. The molecule has 1 aromatic carbocycles. The Hall–Kier alpha value is -2.15. The second-order valence-corrected chi connectivity index (χ2v) is 6.52. The Balaban J connectivity index is 1.86. The number of rotatable bonds is 2. The standard InChI is InChI=1S/C15H15N5OS/c1-9-17-13-10-5-2-3-6-11(10)18-15(20(13)19-9)22-12-7-4-8-16-14(12)21/h2-3,5-6,12H,4,7-8H2,1H3,(H,16,21). The van der Waals surface area contributed by atoms with Gasteiger partial charge in [0.2, 0.25) is 5.91 Å². The van der Waals surface area contributed by atoms with Crippen LogP contribution in [0.2, 0.25) is 0 Å². The number of carbonyl (C=O) groups is 1. The molecule has 3 aromatic rings. The number of carbonyl (C=O) groups excluding carboxylic acids is 1. The SMILES string of the molecule is Cc1nc2c3ccccc3nc(SC3CCCNC3=O)n2n1. The average Bonchev–Trinajstić information content (AvgIpc) is 2.92. The number of nitrogens with one attached hydrogen (secondary N) is 1. The van der Waals surface area contributed by atoms with E-state index in [4.69, 9.17) is 0 Å². The molecule has 1 amide bonds. The lowest BCUT2D eigenvalue weighted by Crippen LogP contribution is -2.38. The van der Waals surface area contributed by atoms with E-state index in [-0.39, 0.29) is 11.2 Å². The Labute approximate surface area is 131 Å². The maximum absolute atomic E-state index is 12.0. The van der Waals surface area contributed by atoms with E-state index in [1.165, 1.54) is 11.8 Å². The van der Waals surface area contributed by atoms with Crippen molar-refractivity contribution in [2.75, 3.05) is 6.54 Å². The third kappa shape index (κ3) is 2.21. The summed E-state index contributed by atoms with van der Waals surface area (Å²) in [6, 6.07) is 7.88. The minimum atomic E-state index is -0.116. The molecule has 1 atom stereocenters. The Morgan fingerprint density at radius 2 is 2.18 bits per heavy atom. The summed E-state index contributed by atoms with van der Waals surface area (Å²) in [5, 5.41) is 8.93. The molecule has 7 heteroatoms. The summed E-state index contributed by atoms with van der Waals surface area (Å²) in [6.07, 6.45) is 1.86. The third-order valence-electron chi connectivity index (χ3n) is 3.74. The van der Waals surface area contributed by atoms with Crippen molar-refractivity contribution in [1.82, 2.24) is 24.9 Å². The van der Waals surface area contributed by atoms with Gasteiger partial charge in [-0.25, -0.2) is 9.97 Å². The maximum Gasteiger partial charge on any atom is 0.233 e. The highest BCUT2D eigenvalue weighted by atomic mass is 32.2. The number of para-hydroxylation sites is 1. The van der Waals surface area contributed by atoms with E-state index < -0.39 is 0 Å². The molecule has 1 aliphatic heterocycles. The molecule has 0 aliphatic carbocycles. The quantitative estimate of drug-likeness (QED) is 0.732. The summed E-state index contributed by atoms with van der Waals surface area (Å²) in [5.41, 5.74) is 1.67. The number of thioether (sulfide) groups is 1. The fraction of sp³-hybridized carbons (Fsp3) is 0.333. The molecule has 1 saturated heterocycles. The van der Waals surface area contributed by atoms with Crippen molar-refractivity contribution >= 4 is 34.2 Å². The Kier molecular flexibility index (Phi) is 3.22. The lowest BCUT2D eigenvalue weighted by Gasteiger charge is -2.20. The summed E-state index contributed by atoms with van der Waals surface area (Å²) in [6.45, 7) is 2.63. The molecule has 0 saturated carbocycles. The maximum atomic E-state index is 12.0. The first-order valence-corrected chi connectivity index (χ1v) is 8.17. The predicted molar refractivity (Wildman–Crippen MR) is 84.9 cm³/mol. The van der Waals surface area contributed by atoms with E-state index in [9.17, 15) is 4.79 Å². The van der Waals surface area contributed by atoms with Crippen LogP contribution in [0.1, 0.15) is 18.7 Å². The highest BCUT2D eigenvalue weighted by molar-refractivity contribution is 8.00. The van der Waals surface area contributed by atoms with Crippen LogP contribution in [0.5, 0.6) is 0 Å². The van der Waals surface area contributed by atoms with E-state index in [1.54, 1.807) is 4.52 Å². The minimum Gasteiger partial charge on any atom is -0.355 e. The smallest absolute Gasteiger partial charge is 0.233 e. The highest BCUT2D eigenvalue weighted by Crippen LogP contribution is 2.29. The van der Waals surface area contributed by atoms with Gasteiger partial charge in [0.05, 0.1) is 10.8 Å². The van der Waals surface area contributed by atoms with Gasteiger partial charge in [-0.3, -0.25) is 4.79 Å². The first-order valence-electron chi connectivity index (χ1n) is 7.29. The zero-order valence-corrected chi connectivity index (χ0v) is 12.9. The molecule has 2 aromatic heterocycles. The molecule has 1 N–H and O–H groups in total. The molecule has 0 spiro atoms. The van der Waals surface area contributed by atoms with Crippen molar-refractivity contribution in [2.45, 2.75) is 30.2 Å². The molecule has 4 rings (SSSR count). The summed E-state index contributed by atoms with van der Waals surface area (Å²) >= 11 is 1.47. The van der Waals surface area contributed by atoms with Gasteiger partial charge in [-0.1, -0.05) is 23.9 Å². The molecule has 1 aliphatic rings. The van der Waals surface area contributed by atoms with Crippen molar-refractivity contribution in [3.05, 3.63) is 30.1 Å². The molecule has 22 heavy (non-hydrogen) atoms. The summed E-state index contributed by atoms with van der Waals surface area (Å²) in [5.74, 6) is 0.782. The normalized spacial score (nSPS) is 18.8. The van der Waals surface area contributed by atoms with Crippen LogP contribution in [0, 0.1) is 6.92 Å². The van der Waals surface area contributed by atoms with Crippen molar-refractivity contribution in [2.24, 2.45) is 0 Å². The van der Waals surface area contributed by atoms with Crippen LogP contribution in [0.15, 0.2) is 29.4 Å². The van der Waals surface area contributed by atoms with Gasteiger partial charge in [-0.2, -0.15) is 4.52 Å². The molecular formula is C15H15N5OS. The monoisotopic (exact) mass is 313 g/mol. The first-order chi connectivity index (χ1) is 10.7. The lowest BCUT2D eigenvalue weighted by atomic mass is 10.1. The number of amides is 1. The lowest BCUT2D eigenvalue weighted by molar-refractivity contribution is -0.121. The van der Waals surface area contributed by atoms with Crippen LogP contribution < -0.4 is 5.32 Å². The molecule has 1 fully saturated rings. The Morgan fingerprint density at radius 1 is 1.32 bits per heavy atom. The van der Waals surface area contributed by atoms with Crippen molar-refractivity contribution in [3.63, 3.8) is 0 Å². The fourth-order valence-electron chi connectivity index (χ4n) is 2.69. The van der Waals surface area contributed by atoms with Crippen LogP contribution >= 0.6 is 11.8 Å². The summed E-state index contributed by atoms with van der Waals surface area (Å²) in [7, 11) is 0. The van der Waals surface area contributed by atoms with E-state index in [0.717, 1.165) is 41.1 Å². The molecule has 1 unspecified atom stereocenters. The number of benzene rings is 1. The van der Waals surface area contributed by atoms with Gasteiger partial charge in [0.15, 0.2) is 10.8 Å². The third-order valence-corrected chi connectivity index (χ3v) is 4.95. The number of nitrogens with zero attached hydrogens (tertiary/aromatic N) is 4. The number of fused-ring (bicyclic) bond motifs is 3. The molecular weight excluding hydrogens is 298 g/mol. The van der Waals surface area contributed by atoms with Crippen LogP contribution in [0.4, 0.5) is 0 Å². The van der Waals surface area contributed by atoms with Crippen LogP contribution in [-0.4, -0.2) is 37.3 Å². The first kappa shape index (κ1) is 13.5. The highest BCUT2D eigenvalue weighted by Gasteiger charge is 2.25. The van der Waals surface area contributed by atoms with Gasteiger partial charge in [-0.15, -0.1) is 5.10 Å². The van der Waals surface area contributed by atoms with Gasteiger partial charge in [0.1, 0.15) is 5.82 Å².